The molecular weight excluding hydrogens is 642 g/mol. The summed E-state index contributed by atoms with van der Waals surface area (Å²) >= 11 is 19.4. The summed E-state index contributed by atoms with van der Waals surface area (Å²) in [6.45, 7) is 0. The van der Waals surface area contributed by atoms with Crippen LogP contribution >= 0.6 is 55.1 Å². The van der Waals surface area contributed by atoms with Crippen LogP contribution < -0.4 is 0 Å². The summed E-state index contributed by atoms with van der Waals surface area (Å²) < 4.78 is 13.5. The number of Topliss-reactive ketones (excluding diaryl/α,β-unsaturated/α-hetero) is 1. The van der Waals surface area contributed by atoms with Crippen molar-refractivity contribution >= 4 is 78.6 Å². The molecule has 0 spiro atoms. The van der Waals surface area contributed by atoms with Crippen LogP contribution in [0.25, 0.3) is 0 Å². The first-order valence-electron chi connectivity index (χ1n) is 11.2. The number of amides is 3. The number of nitrogens with zero attached hydrogens (tertiary/aromatic N) is 2. The summed E-state index contributed by atoms with van der Waals surface area (Å²) in [5.41, 5.74) is 0.138. The number of carbonyl (C=O) groups excluding carboxylic acids is 4. The average Bonchev–Trinajstić information content (AvgIpc) is 3.08. The molecule has 2 aromatic carbocycles. The van der Waals surface area contributed by atoms with Crippen LogP contribution in [0.3, 0.4) is 0 Å². The minimum atomic E-state index is -1.30. The van der Waals surface area contributed by atoms with E-state index in [9.17, 15) is 23.6 Å². The van der Waals surface area contributed by atoms with E-state index >= 15 is 0 Å². The highest BCUT2D eigenvalue weighted by atomic mass is 79.9. The molecule has 1 aliphatic carbocycles. The van der Waals surface area contributed by atoms with E-state index in [2.05, 4.69) is 31.9 Å². The number of imide groups is 1. The highest BCUT2D eigenvalue weighted by molar-refractivity contribution is 9.12. The first-order chi connectivity index (χ1) is 17.1. The van der Waals surface area contributed by atoms with Crippen LogP contribution in [0.1, 0.15) is 40.0 Å². The van der Waals surface area contributed by atoms with Gasteiger partial charge >= 0.3 is 0 Å². The maximum Gasteiger partial charge on any atom is 0.275 e. The number of hydrogen-bond donors (Lipinski definition) is 0. The normalized spacial score (nSPS) is 24.4. The summed E-state index contributed by atoms with van der Waals surface area (Å²) in [6, 6.07) is 9.71. The van der Waals surface area contributed by atoms with Gasteiger partial charge in [0, 0.05) is 21.1 Å². The highest BCUT2D eigenvalue weighted by Gasteiger charge is 2.56. The van der Waals surface area contributed by atoms with Crippen LogP contribution in [0.5, 0.6) is 0 Å². The van der Waals surface area contributed by atoms with Gasteiger partial charge < -0.3 is 0 Å². The van der Waals surface area contributed by atoms with Crippen LogP contribution in [0, 0.1) is 17.7 Å². The second kappa shape index (κ2) is 11.3. The Hall–Kier alpha value is -1.81. The van der Waals surface area contributed by atoms with Crippen LogP contribution in [-0.2, 0) is 9.59 Å². The fourth-order valence-corrected chi connectivity index (χ4v) is 6.35. The summed E-state index contributed by atoms with van der Waals surface area (Å²) in [7, 11) is 0. The molecule has 0 bridgehead atoms. The third-order valence-electron chi connectivity index (χ3n) is 6.53. The molecule has 0 radical (unpaired) electrons. The minimum absolute atomic E-state index is 0.0258. The molecule has 190 valence electrons. The van der Waals surface area contributed by atoms with Crippen molar-refractivity contribution in [2.45, 2.75) is 35.0 Å². The van der Waals surface area contributed by atoms with E-state index in [0.717, 1.165) is 22.2 Å². The van der Waals surface area contributed by atoms with Gasteiger partial charge in [-0.05, 0) is 55.7 Å². The van der Waals surface area contributed by atoms with E-state index in [1.54, 1.807) is 12.1 Å². The van der Waals surface area contributed by atoms with Crippen molar-refractivity contribution in [2.24, 2.45) is 11.8 Å². The zero-order valence-electron chi connectivity index (χ0n) is 18.8. The van der Waals surface area contributed by atoms with Crippen molar-refractivity contribution in [1.82, 2.24) is 10.0 Å². The molecule has 4 rings (SSSR count). The van der Waals surface area contributed by atoms with Crippen molar-refractivity contribution in [3.8, 4) is 0 Å². The molecule has 2 fully saturated rings. The molecule has 2 aromatic rings. The van der Waals surface area contributed by atoms with E-state index in [4.69, 9.17) is 23.2 Å². The molecule has 1 saturated heterocycles. The smallest absolute Gasteiger partial charge is 0.275 e. The van der Waals surface area contributed by atoms with Crippen molar-refractivity contribution < 1.29 is 23.6 Å². The van der Waals surface area contributed by atoms with Crippen LogP contribution in [0.15, 0.2) is 48.5 Å². The van der Waals surface area contributed by atoms with Gasteiger partial charge in [0.05, 0.1) is 22.4 Å². The van der Waals surface area contributed by atoms with Crippen molar-refractivity contribution in [1.29, 1.82) is 0 Å². The molecule has 11 heteroatoms. The fraction of sp³-hybridized carbons (Fsp3) is 0.360. The van der Waals surface area contributed by atoms with Gasteiger partial charge in [-0.15, -0.1) is 11.6 Å². The number of alkyl halides is 3. The van der Waals surface area contributed by atoms with Gasteiger partial charge in [0.2, 0.25) is 0 Å². The van der Waals surface area contributed by atoms with Crippen molar-refractivity contribution in [3.05, 3.63) is 70.5 Å². The average molecular weight is 663 g/mol. The lowest BCUT2D eigenvalue weighted by Crippen LogP contribution is -2.57. The van der Waals surface area contributed by atoms with E-state index in [-0.39, 0.29) is 38.1 Å². The summed E-state index contributed by atoms with van der Waals surface area (Å²) in [4.78, 5) is 54.7. The second-order valence-corrected chi connectivity index (χ2v) is 11.8. The Labute approximate surface area is 234 Å². The quantitative estimate of drug-likeness (QED) is 0.219. The van der Waals surface area contributed by atoms with Crippen molar-refractivity contribution in [2.75, 3.05) is 5.88 Å². The number of carbonyl (C=O) groups is 4. The summed E-state index contributed by atoms with van der Waals surface area (Å²) in [5.74, 6) is -4.33. The predicted octanol–water partition coefficient (Wildman–Crippen LogP) is 5.64. The maximum absolute atomic E-state index is 13.9. The molecule has 5 atom stereocenters. The molecule has 1 saturated carbocycles. The topological polar surface area (TPSA) is 74.8 Å². The van der Waals surface area contributed by atoms with E-state index in [1.807, 2.05) is 0 Å². The molecule has 36 heavy (non-hydrogen) atoms. The Balaban J connectivity index is 1.82. The number of benzene rings is 2. The number of rotatable bonds is 7. The zero-order valence-corrected chi connectivity index (χ0v) is 23.4. The Bertz CT molecular complexity index is 1170. The molecule has 1 aliphatic heterocycles. The van der Waals surface area contributed by atoms with Gasteiger partial charge in [-0.2, -0.15) is 5.01 Å². The van der Waals surface area contributed by atoms with Gasteiger partial charge in [0.25, 0.3) is 17.7 Å². The number of halogens is 5. The van der Waals surface area contributed by atoms with Crippen LogP contribution in [0.2, 0.25) is 5.02 Å². The third-order valence-corrected chi connectivity index (χ3v) is 9.81. The molecule has 2 aliphatic rings. The Morgan fingerprint density at radius 3 is 2.08 bits per heavy atom. The van der Waals surface area contributed by atoms with Crippen LogP contribution in [0.4, 0.5) is 4.39 Å². The summed E-state index contributed by atoms with van der Waals surface area (Å²) in [5, 5.41) is 1.82. The lowest BCUT2D eigenvalue weighted by molar-refractivity contribution is -0.156. The van der Waals surface area contributed by atoms with E-state index in [1.165, 1.54) is 24.3 Å². The molecule has 1 heterocycles. The Kier molecular flexibility index (Phi) is 8.54. The second-order valence-electron chi connectivity index (χ2n) is 8.70. The van der Waals surface area contributed by atoms with Gasteiger partial charge in [0.1, 0.15) is 11.9 Å². The SMILES string of the molecule is O=C(c1ccc(F)cc1)[C@H](CCCl)N(C(=O)c1ccccc1Cl)N1C(=O)[C@H]2C[C@H](Br)[C@@H](Br)C[C@H]2C1=O. The first-order valence-corrected chi connectivity index (χ1v) is 14.0. The van der Waals surface area contributed by atoms with E-state index < -0.39 is 47.2 Å². The summed E-state index contributed by atoms with van der Waals surface area (Å²) in [6.07, 6.45) is 0.728. The lowest BCUT2D eigenvalue weighted by Gasteiger charge is -2.36. The maximum atomic E-state index is 13.9. The number of fused-ring (bicyclic) bond motifs is 1. The Morgan fingerprint density at radius 2 is 1.56 bits per heavy atom. The number of hydrogen-bond acceptors (Lipinski definition) is 4. The van der Waals surface area contributed by atoms with Crippen LogP contribution in [-0.4, -0.2) is 55.1 Å². The zero-order chi connectivity index (χ0) is 26.1. The van der Waals surface area contributed by atoms with Gasteiger partial charge in [0.15, 0.2) is 5.78 Å². The molecule has 0 unspecified atom stereocenters. The van der Waals surface area contributed by atoms with Gasteiger partial charge in [-0.1, -0.05) is 55.6 Å². The Morgan fingerprint density at radius 1 is 1.00 bits per heavy atom. The molecule has 0 aromatic heterocycles. The van der Waals surface area contributed by atoms with Gasteiger partial charge in [-0.3, -0.25) is 19.2 Å². The number of hydrazine groups is 1. The van der Waals surface area contributed by atoms with E-state index in [0.29, 0.717) is 12.8 Å². The van der Waals surface area contributed by atoms with Gasteiger partial charge in [-0.25, -0.2) is 9.40 Å². The molecule has 3 amide bonds. The third kappa shape index (κ3) is 5.12. The number of ketones is 1. The lowest BCUT2D eigenvalue weighted by atomic mass is 9.81. The molecular formula is C25H21Br2Cl2FN2O4. The monoisotopic (exact) mass is 660 g/mol. The molecule has 0 N–H and O–H groups in total. The standard InChI is InChI=1S/C25H21Br2Cl2FN2O4/c26-18-11-16-17(12-19(18)27)25(36)32(24(16)35)31(23(34)15-3-1-2-4-20(15)29)21(9-10-28)22(33)13-5-7-14(30)8-6-13/h1-8,16-19,21H,9-12H2/t16-,17+,18-,19-,21-/m0/s1. The minimum Gasteiger partial charge on any atom is -0.292 e. The van der Waals surface area contributed by atoms with Crippen molar-refractivity contribution in [3.63, 3.8) is 0 Å². The fourth-order valence-electron chi connectivity index (χ4n) is 4.69. The first kappa shape index (κ1) is 27.2. The highest BCUT2D eigenvalue weighted by Crippen LogP contribution is 2.44. The molecule has 6 nitrogen and oxygen atoms in total. The largest absolute Gasteiger partial charge is 0.292 e. The predicted molar refractivity (Wildman–Crippen MR) is 141 cm³/mol.